The average Bonchev–Trinajstić information content (AvgIpc) is 3.61. The molecule has 184 valence electrons. The van der Waals surface area contributed by atoms with Crippen LogP contribution in [0.3, 0.4) is 0 Å². The average molecular weight is 510 g/mol. The molecule has 1 aromatic carbocycles. The molecule has 3 heterocycles. The lowest BCUT2D eigenvalue weighted by molar-refractivity contribution is 0.0945. The van der Waals surface area contributed by atoms with E-state index in [-0.39, 0.29) is 5.91 Å². The topological polar surface area (TPSA) is 60.1 Å². The van der Waals surface area contributed by atoms with Gasteiger partial charge in [-0.15, -0.1) is 11.3 Å². The normalized spacial score (nSPS) is 12.1. The number of aromatic nitrogens is 2. The number of benzene rings is 1. The number of carbonyl (C=O) groups excluding carboxylic acids is 1. The predicted molar refractivity (Wildman–Crippen MR) is 144 cm³/mol. The Balaban J connectivity index is 1.65. The number of halogens is 1. The van der Waals surface area contributed by atoms with Gasteiger partial charge in [0.25, 0.3) is 5.91 Å². The molecule has 0 aliphatic rings. The number of carbonyl (C=O) groups is 1. The Kier molecular flexibility index (Phi) is 8.47. The summed E-state index contributed by atoms with van der Waals surface area (Å²) >= 11 is 7.95. The van der Waals surface area contributed by atoms with Crippen LogP contribution in [0, 0.1) is 12.8 Å². The maximum Gasteiger partial charge on any atom is 0.253 e. The zero-order valence-corrected chi connectivity index (χ0v) is 22.1. The van der Waals surface area contributed by atoms with Crippen molar-refractivity contribution in [2.45, 2.75) is 53.0 Å². The molecule has 5 nitrogen and oxygen atoms in total. The third-order valence-electron chi connectivity index (χ3n) is 6.47. The van der Waals surface area contributed by atoms with Gasteiger partial charge in [-0.05, 0) is 43.5 Å². The van der Waals surface area contributed by atoms with Crippen LogP contribution in [0.25, 0.3) is 22.0 Å². The molecule has 1 unspecified atom stereocenters. The third-order valence-corrected chi connectivity index (χ3v) is 7.68. The van der Waals surface area contributed by atoms with Crippen LogP contribution in [0.15, 0.2) is 58.5 Å². The molecule has 0 fully saturated rings. The van der Waals surface area contributed by atoms with Crippen LogP contribution in [0.5, 0.6) is 0 Å². The van der Waals surface area contributed by atoms with Crippen molar-refractivity contribution in [1.82, 2.24) is 14.9 Å². The molecule has 0 spiro atoms. The molecule has 3 aromatic heterocycles. The maximum absolute atomic E-state index is 13.2. The summed E-state index contributed by atoms with van der Waals surface area (Å²) in [5.74, 6) is 1.28. The third kappa shape index (κ3) is 5.88. The van der Waals surface area contributed by atoms with Crippen molar-refractivity contribution in [3.63, 3.8) is 0 Å². The Morgan fingerprint density at radius 1 is 1.23 bits per heavy atom. The number of rotatable bonds is 11. The van der Waals surface area contributed by atoms with E-state index < -0.39 is 0 Å². The van der Waals surface area contributed by atoms with Gasteiger partial charge in [-0.3, -0.25) is 4.79 Å². The monoisotopic (exact) mass is 509 g/mol. The van der Waals surface area contributed by atoms with Gasteiger partial charge >= 0.3 is 0 Å². The predicted octanol–water partition coefficient (Wildman–Crippen LogP) is 7.83. The molecule has 0 bridgehead atoms. The second kappa shape index (κ2) is 11.7. The Bertz CT molecular complexity index is 1260. The number of hydrogen-bond donors (Lipinski definition) is 1. The summed E-state index contributed by atoms with van der Waals surface area (Å²) in [7, 11) is 0. The van der Waals surface area contributed by atoms with Crippen LogP contribution < -0.4 is 5.32 Å². The van der Waals surface area contributed by atoms with Crippen molar-refractivity contribution in [2.24, 2.45) is 5.92 Å². The Morgan fingerprint density at radius 2 is 2.06 bits per heavy atom. The fourth-order valence-electron chi connectivity index (χ4n) is 4.27. The lowest BCUT2D eigenvalue weighted by Gasteiger charge is -2.15. The number of furan rings is 1. The van der Waals surface area contributed by atoms with Crippen LogP contribution in [0.1, 0.15) is 61.3 Å². The van der Waals surface area contributed by atoms with E-state index in [0.717, 1.165) is 46.3 Å². The standard InChI is InChI=1S/C28H32ClN3O2S/c1-4-6-10-20(5-2)16-30-27(33)23-15-26(32(19(23)3)17-21-11-9-14-34-21)25-18-35-28(31-25)22-12-7-8-13-24(22)29/h7-9,11-15,18,20H,4-6,10,16-17H2,1-3H3,(H,30,33). The van der Waals surface area contributed by atoms with E-state index in [9.17, 15) is 4.79 Å². The van der Waals surface area contributed by atoms with E-state index >= 15 is 0 Å². The van der Waals surface area contributed by atoms with Crippen LogP contribution >= 0.6 is 22.9 Å². The lowest BCUT2D eigenvalue weighted by atomic mass is 9.99. The molecule has 35 heavy (non-hydrogen) atoms. The van der Waals surface area contributed by atoms with Gasteiger partial charge in [-0.1, -0.05) is 62.9 Å². The van der Waals surface area contributed by atoms with Gasteiger partial charge in [0.15, 0.2) is 0 Å². The van der Waals surface area contributed by atoms with Crippen LogP contribution in [0.4, 0.5) is 0 Å². The van der Waals surface area contributed by atoms with E-state index in [1.165, 1.54) is 12.8 Å². The fraction of sp³-hybridized carbons (Fsp3) is 0.357. The smallest absolute Gasteiger partial charge is 0.253 e. The van der Waals surface area contributed by atoms with Crippen LogP contribution in [-0.2, 0) is 6.54 Å². The highest BCUT2D eigenvalue weighted by Gasteiger charge is 2.22. The van der Waals surface area contributed by atoms with Crippen molar-refractivity contribution in [3.8, 4) is 22.0 Å². The second-order valence-electron chi connectivity index (χ2n) is 8.84. The van der Waals surface area contributed by atoms with Gasteiger partial charge in [0.1, 0.15) is 10.8 Å². The first kappa shape index (κ1) is 25.3. The summed E-state index contributed by atoms with van der Waals surface area (Å²) in [6.45, 7) is 7.59. The fourth-order valence-corrected chi connectivity index (χ4v) is 5.41. The first-order chi connectivity index (χ1) is 17.0. The quantitative estimate of drug-likeness (QED) is 0.224. The SMILES string of the molecule is CCCCC(CC)CNC(=O)c1cc(-c2csc(-c3ccccc3Cl)n2)n(Cc2ccco2)c1C. The molecule has 4 rings (SSSR count). The highest BCUT2D eigenvalue weighted by atomic mass is 35.5. The summed E-state index contributed by atoms with van der Waals surface area (Å²) in [5.41, 5.74) is 4.17. The largest absolute Gasteiger partial charge is 0.467 e. The Morgan fingerprint density at radius 3 is 2.77 bits per heavy atom. The maximum atomic E-state index is 13.2. The van der Waals surface area contributed by atoms with E-state index in [4.69, 9.17) is 21.0 Å². The first-order valence-electron chi connectivity index (χ1n) is 12.2. The summed E-state index contributed by atoms with van der Waals surface area (Å²) in [5, 5.41) is 6.72. The highest BCUT2D eigenvalue weighted by Crippen LogP contribution is 2.34. The Hall–Kier alpha value is -2.83. The van der Waals surface area contributed by atoms with Gasteiger partial charge in [0, 0.05) is 23.2 Å². The number of amides is 1. The summed E-state index contributed by atoms with van der Waals surface area (Å²) in [6.07, 6.45) is 6.23. The van der Waals surface area contributed by atoms with E-state index in [2.05, 4.69) is 23.7 Å². The van der Waals surface area contributed by atoms with Gasteiger partial charge in [0.2, 0.25) is 0 Å². The van der Waals surface area contributed by atoms with Crippen molar-refractivity contribution in [1.29, 1.82) is 0 Å². The molecule has 0 saturated carbocycles. The van der Waals surface area contributed by atoms with Crippen LogP contribution in [0.2, 0.25) is 5.02 Å². The molecule has 0 aliphatic heterocycles. The van der Waals surface area contributed by atoms with Gasteiger partial charge in [0.05, 0.1) is 34.8 Å². The number of nitrogens with zero attached hydrogens (tertiary/aromatic N) is 2. The molecule has 0 aliphatic carbocycles. The molecule has 0 saturated heterocycles. The molecule has 0 radical (unpaired) electrons. The first-order valence-corrected chi connectivity index (χ1v) is 13.5. The van der Waals surface area contributed by atoms with E-state index in [0.29, 0.717) is 29.6 Å². The van der Waals surface area contributed by atoms with Crippen molar-refractivity contribution >= 4 is 28.8 Å². The van der Waals surface area contributed by atoms with Crippen molar-refractivity contribution in [2.75, 3.05) is 6.54 Å². The van der Waals surface area contributed by atoms with Gasteiger partial charge < -0.3 is 14.3 Å². The molecule has 7 heteroatoms. The van der Waals surface area contributed by atoms with Crippen molar-refractivity contribution < 1.29 is 9.21 Å². The number of unbranched alkanes of at least 4 members (excludes halogenated alkanes) is 1. The number of nitrogens with one attached hydrogen (secondary N) is 1. The van der Waals surface area contributed by atoms with Gasteiger partial charge in [-0.2, -0.15) is 0 Å². The van der Waals surface area contributed by atoms with Crippen molar-refractivity contribution in [3.05, 3.63) is 76.1 Å². The molecule has 1 atom stereocenters. The lowest BCUT2D eigenvalue weighted by Crippen LogP contribution is -2.29. The molecular weight excluding hydrogens is 478 g/mol. The Labute approximate surface area is 216 Å². The van der Waals surface area contributed by atoms with Gasteiger partial charge in [-0.25, -0.2) is 4.98 Å². The summed E-state index contributed by atoms with van der Waals surface area (Å²) < 4.78 is 7.72. The summed E-state index contributed by atoms with van der Waals surface area (Å²) in [4.78, 5) is 18.1. The number of thiazole rings is 1. The molecule has 1 amide bonds. The minimum Gasteiger partial charge on any atom is -0.467 e. The molecular formula is C28H32ClN3O2S. The minimum absolute atomic E-state index is 0.0431. The highest BCUT2D eigenvalue weighted by molar-refractivity contribution is 7.13. The van der Waals surface area contributed by atoms with Crippen LogP contribution in [-0.4, -0.2) is 22.0 Å². The minimum atomic E-state index is -0.0431. The van der Waals surface area contributed by atoms with E-state index in [1.807, 2.05) is 54.8 Å². The molecule has 1 N–H and O–H groups in total. The zero-order chi connectivity index (χ0) is 24.8. The summed E-state index contributed by atoms with van der Waals surface area (Å²) in [6, 6.07) is 13.5. The number of hydrogen-bond acceptors (Lipinski definition) is 4. The zero-order valence-electron chi connectivity index (χ0n) is 20.5. The second-order valence-corrected chi connectivity index (χ2v) is 10.1. The molecule has 4 aromatic rings. The van der Waals surface area contributed by atoms with E-state index in [1.54, 1.807) is 17.6 Å².